The van der Waals surface area contributed by atoms with Crippen molar-refractivity contribution in [3.05, 3.63) is 77.4 Å². The Hall–Kier alpha value is -1.47. The molecule has 0 N–H and O–H groups in total. The largest absolute Gasteiger partial charge is 0.413 e. The maximum Gasteiger partial charge on any atom is 0.187 e. The average molecular weight is 469 g/mol. The van der Waals surface area contributed by atoms with Crippen LogP contribution in [-0.2, 0) is 22.1 Å². The van der Waals surface area contributed by atoms with Gasteiger partial charge in [-0.25, -0.2) is 0 Å². The number of hydrogen-bond donors (Lipinski definition) is 0. The summed E-state index contributed by atoms with van der Waals surface area (Å²) in [6.07, 6.45) is 0. The van der Waals surface area contributed by atoms with Crippen LogP contribution in [0.4, 0.5) is 0 Å². The molecule has 0 aliphatic rings. The number of hydrogen-bond acceptors (Lipinski definition) is 2. The minimum Gasteiger partial charge on any atom is -0.413 e. The third-order valence-electron chi connectivity index (χ3n) is 5.66. The first-order valence-electron chi connectivity index (χ1n) is 12.0. The highest BCUT2D eigenvalue weighted by molar-refractivity contribution is 6.71. The first-order chi connectivity index (χ1) is 14.9. The Morgan fingerprint density at radius 2 is 0.969 bits per heavy atom. The number of rotatable bonds is 12. The zero-order valence-corrected chi connectivity index (χ0v) is 23.6. The molecule has 2 aromatic carbocycles. The van der Waals surface area contributed by atoms with Gasteiger partial charge in [0.25, 0.3) is 0 Å². The van der Waals surface area contributed by atoms with Crippen LogP contribution in [0.5, 0.6) is 0 Å². The van der Waals surface area contributed by atoms with E-state index >= 15 is 0 Å². The molecule has 0 heterocycles. The second-order valence-corrected chi connectivity index (χ2v) is 19.6. The quantitative estimate of drug-likeness (QED) is 0.291. The van der Waals surface area contributed by atoms with E-state index in [2.05, 4.69) is 109 Å². The molecule has 0 fully saturated rings. The van der Waals surface area contributed by atoms with E-state index < -0.39 is 16.6 Å². The Bertz CT molecular complexity index is 779. The molecule has 0 aliphatic carbocycles. The highest BCUT2D eigenvalue weighted by Gasteiger charge is 2.24. The minimum absolute atomic E-state index is 0.689. The first kappa shape index (κ1) is 26.8. The maximum atomic E-state index is 6.30. The lowest BCUT2D eigenvalue weighted by atomic mass is 9.98. The SMILES string of the molecule is C=C(c1ccc(CO[Si](C)(C)CC(C)C)cc1)c1ccc(CO[Si](C)(C)CC(C)C)cc1. The van der Waals surface area contributed by atoms with Crippen LogP contribution >= 0.6 is 0 Å². The van der Waals surface area contributed by atoms with Gasteiger partial charge in [0.1, 0.15) is 0 Å². The van der Waals surface area contributed by atoms with E-state index in [1.54, 1.807) is 0 Å². The summed E-state index contributed by atoms with van der Waals surface area (Å²) in [5.74, 6) is 1.38. The molecule has 0 bridgehead atoms. The Labute approximate surface area is 199 Å². The van der Waals surface area contributed by atoms with E-state index in [-0.39, 0.29) is 0 Å². The summed E-state index contributed by atoms with van der Waals surface area (Å²) in [6, 6.07) is 19.7. The van der Waals surface area contributed by atoms with Gasteiger partial charge in [0.2, 0.25) is 0 Å². The molecular formula is C28H44O2Si2. The zero-order valence-electron chi connectivity index (χ0n) is 21.6. The molecule has 0 saturated heterocycles. The highest BCUT2D eigenvalue weighted by atomic mass is 28.4. The van der Waals surface area contributed by atoms with Crippen LogP contribution in [0.2, 0.25) is 38.3 Å². The summed E-state index contributed by atoms with van der Waals surface area (Å²) < 4.78 is 12.6. The average Bonchev–Trinajstić information content (AvgIpc) is 2.69. The van der Waals surface area contributed by atoms with E-state index in [0.29, 0.717) is 25.0 Å². The monoisotopic (exact) mass is 468 g/mol. The molecule has 2 rings (SSSR count). The summed E-state index contributed by atoms with van der Waals surface area (Å²) in [6.45, 7) is 24.1. The standard InChI is InChI=1S/C28H44O2Si2/c1-22(2)20-31(6,7)29-18-25-10-14-27(15-11-25)24(5)28-16-12-26(13-17-28)19-30-32(8,9)21-23(3)4/h10-17,22-23H,5,18-21H2,1-4,6-9H3. The lowest BCUT2D eigenvalue weighted by Crippen LogP contribution is -2.31. The van der Waals surface area contributed by atoms with Crippen LogP contribution < -0.4 is 0 Å². The highest BCUT2D eigenvalue weighted by Crippen LogP contribution is 2.25. The van der Waals surface area contributed by atoms with Gasteiger partial charge in [-0.2, -0.15) is 0 Å². The molecule has 4 heteroatoms. The Morgan fingerprint density at radius 1 is 0.656 bits per heavy atom. The molecule has 2 nitrogen and oxygen atoms in total. The predicted octanol–water partition coefficient (Wildman–Crippen LogP) is 8.50. The smallest absolute Gasteiger partial charge is 0.187 e. The van der Waals surface area contributed by atoms with Crippen LogP contribution in [0.25, 0.3) is 5.57 Å². The molecule has 0 aliphatic heterocycles. The normalized spacial score (nSPS) is 12.6. The van der Waals surface area contributed by atoms with Gasteiger partial charge in [-0.3, -0.25) is 0 Å². The fraction of sp³-hybridized carbons (Fsp3) is 0.500. The third-order valence-corrected chi connectivity index (χ3v) is 11.1. The topological polar surface area (TPSA) is 18.5 Å². The second-order valence-electron chi connectivity index (χ2n) is 11.2. The predicted molar refractivity (Wildman–Crippen MR) is 145 cm³/mol. The van der Waals surface area contributed by atoms with Crippen molar-refractivity contribution in [2.45, 2.75) is 79.2 Å². The van der Waals surface area contributed by atoms with Gasteiger partial charge >= 0.3 is 0 Å². The Kier molecular flexibility index (Phi) is 9.71. The molecule has 0 unspecified atom stereocenters. The molecule has 0 saturated carbocycles. The van der Waals surface area contributed by atoms with E-state index in [4.69, 9.17) is 8.85 Å². The summed E-state index contributed by atoms with van der Waals surface area (Å²) in [5.41, 5.74) is 5.82. The van der Waals surface area contributed by atoms with Crippen molar-refractivity contribution in [3.63, 3.8) is 0 Å². The van der Waals surface area contributed by atoms with Gasteiger partial charge in [-0.05, 0) is 77.9 Å². The molecular weight excluding hydrogens is 424 g/mol. The van der Waals surface area contributed by atoms with Crippen LogP contribution in [0.15, 0.2) is 55.1 Å². The van der Waals surface area contributed by atoms with Crippen molar-refractivity contribution in [3.8, 4) is 0 Å². The third kappa shape index (κ3) is 9.18. The van der Waals surface area contributed by atoms with Gasteiger partial charge in [-0.1, -0.05) is 82.8 Å². The molecule has 0 atom stereocenters. The van der Waals surface area contributed by atoms with Crippen molar-refractivity contribution in [1.29, 1.82) is 0 Å². The van der Waals surface area contributed by atoms with E-state index in [1.165, 1.54) is 23.2 Å². The second kappa shape index (κ2) is 11.6. The van der Waals surface area contributed by atoms with Crippen LogP contribution in [0.3, 0.4) is 0 Å². The molecule has 2 aromatic rings. The van der Waals surface area contributed by atoms with E-state index in [1.807, 2.05) is 0 Å². The summed E-state index contributed by atoms with van der Waals surface area (Å²) in [4.78, 5) is 0. The van der Waals surface area contributed by atoms with Crippen molar-refractivity contribution in [1.82, 2.24) is 0 Å². The summed E-state index contributed by atoms with van der Waals surface area (Å²) >= 11 is 0. The molecule has 0 radical (unpaired) electrons. The van der Waals surface area contributed by atoms with Crippen molar-refractivity contribution < 1.29 is 8.85 Å². The van der Waals surface area contributed by atoms with Crippen LogP contribution in [0, 0.1) is 11.8 Å². The minimum atomic E-state index is -1.60. The maximum absolute atomic E-state index is 6.30. The molecule has 32 heavy (non-hydrogen) atoms. The van der Waals surface area contributed by atoms with Crippen molar-refractivity contribution >= 4 is 22.2 Å². The van der Waals surface area contributed by atoms with Crippen molar-refractivity contribution in [2.75, 3.05) is 0 Å². The van der Waals surface area contributed by atoms with Gasteiger partial charge in [0.15, 0.2) is 16.6 Å². The molecule has 0 amide bonds. The lowest BCUT2D eigenvalue weighted by molar-refractivity contribution is 0.290. The van der Waals surface area contributed by atoms with E-state index in [9.17, 15) is 0 Å². The zero-order chi connectivity index (χ0) is 23.9. The molecule has 0 spiro atoms. The van der Waals surface area contributed by atoms with Gasteiger partial charge in [-0.15, -0.1) is 0 Å². The lowest BCUT2D eigenvalue weighted by Gasteiger charge is -2.25. The van der Waals surface area contributed by atoms with Gasteiger partial charge in [0.05, 0.1) is 13.2 Å². The molecule has 0 aromatic heterocycles. The van der Waals surface area contributed by atoms with Gasteiger partial charge in [0, 0.05) is 0 Å². The Balaban J connectivity index is 1.94. The fourth-order valence-electron chi connectivity index (χ4n) is 4.41. The van der Waals surface area contributed by atoms with Crippen LogP contribution in [0.1, 0.15) is 49.9 Å². The summed E-state index contributed by atoms with van der Waals surface area (Å²) in [5, 5.41) is 0. The fourth-order valence-corrected chi connectivity index (χ4v) is 9.70. The molecule has 176 valence electrons. The Morgan fingerprint density at radius 3 is 1.25 bits per heavy atom. The summed E-state index contributed by atoms with van der Waals surface area (Å²) in [7, 11) is -3.19. The van der Waals surface area contributed by atoms with Crippen molar-refractivity contribution in [2.24, 2.45) is 11.8 Å². The first-order valence-corrected chi connectivity index (χ1v) is 18.3. The van der Waals surface area contributed by atoms with Crippen LogP contribution in [-0.4, -0.2) is 16.6 Å². The number of benzene rings is 2. The van der Waals surface area contributed by atoms with E-state index in [0.717, 1.165) is 16.7 Å². The van der Waals surface area contributed by atoms with Gasteiger partial charge < -0.3 is 8.85 Å².